The summed E-state index contributed by atoms with van der Waals surface area (Å²) in [6, 6.07) is 3.50. The van der Waals surface area contributed by atoms with Gasteiger partial charge in [0.2, 0.25) is 5.43 Å². The zero-order valence-corrected chi connectivity index (χ0v) is 10.6. The van der Waals surface area contributed by atoms with Crippen molar-refractivity contribution in [3.05, 3.63) is 39.8 Å². The van der Waals surface area contributed by atoms with E-state index in [1.165, 1.54) is 6.20 Å². The second-order valence-electron chi connectivity index (χ2n) is 4.23. The van der Waals surface area contributed by atoms with E-state index in [-0.39, 0.29) is 5.56 Å². The maximum Gasteiger partial charge on any atom is 0.343 e. The van der Waals surface area contributed by atoms with Crippen molar-refractivity contribution in [1.29, 1.82) is 0 Å². The van der Waals surface area contributed by atoms with Gasteiger partial charge < -0.3 is 5.11 Å². The van der Waals surface area contributed by atoms with Crippen LogP contribution in [0.5, 0.6) is 0 Å². The highest BCUT2D eigenvalue weighted by molar-refractivity contribution is 5.91. The van der Waals surface area contributed by atoms with Crippen LogP contribution in [-0.2, 0) is 13.6 Å². The van der Waals surface area contributed by atoms with Gasteiger partial charge in [0.15, 0.2) is 0 Å². The first-order valence-corrected chi connectivity index (χ1v) is 5.73. The number of rotatable bonds is 2. The Morgan fingerprint density at radius 2 is 2.11 bits per heavy atom. The molecule has 2 aromatic rings. The van der Waals surface area contributed by atoms with Crippen molar-refractivity contribution in [2.45, 2.75) is 20.4 Å². The van der Waals surface area contributed by atoms with Crippen LogP contribution < -0.4 is 10.00 Å². The quantitative estimate of drug-likeness (QED) is 0.800. The van der Waals surface area contributed by atoms with Crippen LogP contribution in [0.15, 0.2) is 23.1 Å². The second-order valence-corrected chi connectivity index (χ2v) is 4.23. The van der Waals surface area contributed by atoms with Gasteiger partial charge in [0.05, 0.1) is 13.6 Å². The number of hydrogen-bond acceptors (Lipinski definition) is 2. The number of carbonyl (C=O) groups is 1. The van der Waals surface area contributed by atoms with Gasteiger partial charge in [0.25, 0.3) is 5.65 Å². The molecular formula is C13H15N2O3+. The highest BCUT2D eigenvalue weighted by Gasteiger charge is 2.20. The Morgan fingerprint density at radius 1 is 1.44 bits per heavy atom. The molecule has 0 aliphatic carbocycles. The largest absolute Gasteiger partial charge is 0.477 e. The molecule has 0 atom stereocenters. The summed E-state index contributed by atoms with van der Waals surface area (Å²) in [5.41, 5.74) is 1.13. The van der Waals surface area contributed by atoms with Crippen LogP contribution in [0, 0.1) is 6.92 Å². The molecule has 2 rings (SSSR count). The Hall–Kier alpha value is -2.17. The average Bonchev–Trinajstić information content (AvgIpc) is 2.34. The molecule has 0 aliphatic rings. The van der Waals surface area contributed by atoms with Gasteiger partial charge in [-0.2, -0.15) is 0 Å². The van der Waals surface area contributed by atoms with Gasteiger partial charge in [0.1, 0.15) is 22.8 Å². The summed E-state index contributed by atoms with van der Waals surface area (Å²) < 4.78 is 3.68. The molecule has 0 spiro atoms. The van der Waals surface area contributed by atoms with Gasteiger partial charge in [-0.15, -0.1) is 0 Å². The van der Waals surface area contributed by atoms with E-state index in [1.807, 2.05) is 31.5 Å². The summed E-state index contributed by atoms with van der Waals surface area (Å²) in [5.74, 6) is -1.19. The Bertz CT molecular complexity index is 701. The molecule has 0 unspecified atom stereocenters. The minimum absolute atomic E-state index is 0.187. The molecule has 1 N–H and O–H groups in total. The van der Waals surface area contributed by atoms with E-state index in [2.05, 4.69) is 0 Å². The molecule has 0 aromatic carbocycles. The number of aromatic carboxylic acids is 1. The van der Waals surface area contributed by atoms with Crippen molar-refractivity contribution in [1.82, 2.24) is 4.57 Å². The van der Waals surface area contributed by atoms with Crippen molar-refractivity contribution < 1.29 is 14.5 Å². The van der Waals surface area contributed by atoms with Gasteiger partial charge in [-0.3, -0.25) is 4.79 Å². The maximum absolute atomic E-state index is 12.1. The minimum Gasteiger partial charge on any atom is -0.477 e. The Balaban J connectivity index is 3.03. The van der Waals surface area contributed by atoms with E-state index >= 15 is 0 Å². The third-order valence-corrected chi connectivity index (χ3v) is 3.20. The Labute approximate surface area is 104 Å². The molecule has 2 heterocycles. The van der Waals surface area contributed by atoms with E-state index in [1.54, 1.807) is 10.6 Å². The van der Waals surface area contributed by atoms with E-state index in [0.717, 1.165) is 11.3 Å². The van der Waals surface area contributed by atoms with Crippen molar-refractivity contribution in [3.63, 3.8) is 0 Å². The summed E-state index contributed by atoms with van der Waals surface area (Å²) in [6.45, 7) is 4.46. The smallest absolute Gasteiger partial charge is 0.343 e. The third-order valence-electron chi connectivity index (χ3n) is 3.20. The highest BCUT2D eigenvalue weighted by Crippen LogP contribution is 2.09. The average molecular weight is 247 g/mol. The molecular weight excluding hydrogens is 232 g/mol. The van der Waals surface area contributed by atoms with Gasteiger partial charge in [0, 0.05) is 0 Å². The van der Waals surface area contributed by atoms with Gasteiger partial charge in [-0.1, -0.05) is 0 Å². The lowest BCUT2D eigenvalue weighted by Gasteiger charge is -2.07. The van der Waals surface area contributed by atoms with Crippen LogP contribution in [0.2, 0.25) is 0 Å². The van der Waals surface area contributed by atoms with E-state index in [0.29, 0.717) is 11.9 Å². The fraction of sp³-hybridized carbons (Fsp3) is 0.308. The topological polar surface area (TPSA) is 63.2 Å². The van der Waals surface area contributed by atoms with Gasteiger partial charge >= 0.3 is 5.97 Å². The fourth-order valence-electron chi connectivity index (χ4n) is 2.08. The maximum atomic E-state index is 12.1. The first-order chi connectivity index (χ1) is 8.47. The fourth-order valence-corrected chi connectivity index (χ4v) is 2.08. The number of carboxylic acid groups (broad SMARTS) is 1. The number of aromatic nitrogens is 2. The predicted octanol–water partition coefficient (Wildman–Crippen LogP) is 0.853. The van der Waals surface area contributed by atoms with Gasteiger partial charge in [-0.05, 0) is 26.0 Å². The van der Waals surface area contributed by atoms with E-state index < -0.39 is 11.4 Å². The summed E-state index contributed by atoms with van der Waals surface area (Å²) in [6.07, 6.45) is 1.41. The first-order valence-electron chi connectivity index (χ1n) is 5.73. The molecule has 0 fully saturated rings. The number of pyridine rings is 2. The second kappa shape index (κ2) is 4.25. The van der Waals surface area contributed by atoms with Crippen molar-refractivity contribution in [2.75, 3.05) is 0 Å². The number of carboxylic acids is 1. The summed E-state index contributed by atoms with van der Waals surface area (Å²) >= 11 is 0. The lowest BCUT2D eigenvalue weighted by molar-refractivity contribution is -0.654. The summed E-state index contributed by atoms with van der Waals surface area (Å²) in [4.78, 5) is 23.2. The van der Waals surface area contributed by atoms with Crippen molar-refractivity contribution in [2.24, 2.45) is 7.05 Å². The van der Waals surface area contributed by atoms with Crippen LogP contribution in [0.4, 0.5) is 0 Å². The summed E-state index contributed by atoms with van der Waals surface area (Å²) in [5, 5.41) is 9.48. The van der Waals surface area contributed by atoms with Crippen LogP contribution in [0.1, 0.15) is 23.0 Å². The molecule has 0 aliphatic heterocycles. The molecule has 2 aromatic heterocycles. The Morgan fingerprint density at radius 3 is 2.67 bits per heavy atom. The molecule has 0 radical (unpaired) electrons. The van der Waals surface area contributed by atoms with Gasteiger partial charge in [-0.25, -0.2) is 13.9 Å². The molecule has 18 heavy (non-hydrogen) atoms. The van der Waals surface area contributed by atoms with E-state index in [4.69, 9.17) is 5.11 Å². The zero-order chi connectivity index (χ0) is 13.4. The lowest BCUT2D eigenvalue weighted by Crippen LogP contribution is -2.37. The minimum atomic E-state index is -1.19. The number of fused-ring (bicyclic) bond motifs is 1. The molecule has 5 heteroatoms. The number of nitrogens with zero attached hydrogens (tertiary/aromatic N) is 2. The lowest BCUT2D eigenvalue weighted by atomic mass is 10.1. The monoisotopic (exact) mass is 247 g/mol. The van der Waals surface area contributed by atoms with Crippen molar-refractivity contribution in [3.8, 4) is 0 Å². The number of aryl methyl sites for hydroxylation is 3. The highest BCUT2D eigenvalue weighted by atomic mass is 16.4. The number of hydrogen-bond donors (Lipinski definition) is 1. The molecule has 0 amide bonds. The SMILES string of the molecule is CCn1cc(C(=O)O)c(=O)c2ccc(C)[n+](C)c21. The normalized spacial score (nSPS) is 10.8. The first kappa shape index (κ1) is 12.3. The predicted molar refractivity (Wildman–Crippen MR) is 66.8 cm³/mol. The third kappa shape index (κ3) is 1.68. The molecule has 0 bridgehead atoms. The van der Waals surface area contributed by atoms with E-state index in [9.17, 15) is 9.59 Å². The van der Waals surface area contributed by atoms with Crippen molar-refractivity contribution >= 4 is 17.0 Å². The van der Waals surface area contributed by atoms with Crippen LogP contribution >= 0.6 is 0 Å². The Kier molecular flexibility index (Phi) is 2.90. The summed E-state index contributed by atoms with van der Waals surface area (Å²) in [7, 11) is 1.86. The molecule has 5 nitrogen and oxygen atoms in total. The van der Waals surface area contributed by atoms with Crippen LogP contribution in [-0.4, -0.2) is 15.6 Å². The standard InChI is InChI=1S/C13H14N2O3/c1-4-15-7-10(13(17)18)11(16)9-6-5-8(2)14(3)12(9)15/h5-7H,4H2,1-3H3/p+1. The van der Waals surface area contributed by atoms with Crippen LogP contribution in [0.3, 0.4) is 0 Å². The molecule has 0 saturated carbocycles. The zero-order valence-electron chi connectivity index (χ0n) is 10.6. The van der Waals surface area contributed by atoms with Crippen LogP contribution in [0.25, 0.3) is 11.0 Å². The molecule has 94 valence electrons. The molecule has 0 saturated heterocycles.